The average Bonchev–Trinajstić information content (AvgIpc) is 2.72. The van der Waals surface area contributed by atoms with Crippen LogP contribution >= 0.6 is 15.9 Å². The van der Waals surface area contributed by atoms with Gasteiger partial charge < -0.3 is 5.73 Å². The number of benzene rings is 1. The number of rotatable bonds is 2. The zero-order valence-corrected chi connectivity index (χ0v) is 10.7. The number of nitrogens with zero attached hydrogens (tertiary/aromatic N) is 2. The van der Waals surface area contributed by atoms with Crippen molar-refractivity contribution in [3.05, 3.63) is 46.2 Å². The minimum absolute atomic E-state index is 0.184. The molecule has 2 rings (SSSR count). The van der Waals surface area contributed by atoms with Crippen LogP contribution in [0.3, 0.4) is 0 Å². The Morgan fingerprint density at radius 1 is 1.33 bits per heavy atom. The molecule has 0 aliphatic heterocycles. The van der Waals surface area contributed by atoms with Gasteiger partial charge in [-0.05, 0) is 12.1 Å². The van der Waals surface area contributed by atoms with E-state index in [2.05, 4.69) is 21.0 Å². The Bertz CT molecular complexity index is 543. The van der Waals surface area contributed by atoms with Gasteiger partial charge in [-0.3, -0.25) is 4.68 Å². The van der Waals surface area contributed by atoms with E-state index in [1.54, 1.807) is 18.2 Å². The third kappa shape index (κ3) is 2.66. The Kier molecular flexibility index (Phi) is 3.34. The molecule has 0 aliphatic rings. The molecule has 0 saturated heterocycles. The molecular formula is C11H9BrF3N3. The van der Waals surface area contributed by atoms with Crippen LogP contribution in [0.2, 0.25) is 0 Å². The maximum absolute atomic E-state index is 12.4. The molecule has 0 saturated carbocycles. The van der Waals surface area contributed by atoms with Crippen LogP contribution in [0, 0.1) is 0 Å². The maximum atomic E-state index is 12.4. The lowest BCUT2D eigenvalue weighted by Crippen LogP contribution is -2.05. The van der Waals surface area contributed by atoms with E-state index in [1.807, 2.05) is 0 Å². The standard InChI is InChI=1S/C11H9BrF3N3/c12-9-2-1-3-10(16)8(9)6-18-5-7(4-17-18)11(13,14)15/h1-5H,6,16H2. The molecule has 0 radical (unpaired) electrons. The molecule has 0 spiro atoms. The van der Waals surface area contributed by atoms with Crippen LogP contribution in [0.15, 0.2) is 35.1 Å². The van der Waals surface area contributed by atoms with Gasteiger partial charge in [0.1, 0.15) is 0 Å². The Balaban J connectivity index is 2.27. The highest BCUT2D eigenvalue weighted by Crippen LogP contribution is 2.29. The summed E-state index contributed by atoms with van der Waals surface area (Å²) in [6, 6.07) is 5.22. The van der Waals surface area contributed by atoms with Gasteiger partial charge in [0.15, 0.2) is 0 Å². The molecule has 0 aliphatic carbocycles. The summed E-state index contributed by atoms with van der Waals surface area (Å²) >= 11 is 3.31. The second-order valence-corrected chi connectivity index (χ2v) is 4.59. The van der Waals surface area contributed by atoms with Crippen molar-refractivity contribution in [2.24, 2.45) is 0 Å². The third-order valence-corrected chi connectivity index (χ3v) is 3.18. The van der Waals surface area contributed by atoms with E-state index in [4.69, 9.17) is 5.73 Å². The molecule has 2 aromatic rings. The summed E-state index contributed by atoms with van der Waals surface area (Å²) < 4.78 is 39.2. The van der Waals surface area contributed by atoms with E-state index in [0.717, 1.165) is 16.9 Å². The van der Waals surface area contributed by atoms with Gasteiger partial charge in [0.25, 0.3) is 0 Å². The SMILES string of the molecule is Nc1cccc(Br)c1Cn1cc(C(F)(F)F)cn1. The van der Waals surface area contributed by atoms with Crippen LogP contribution in [-0.4, -0.2) is 9.78 Å². The average molecular weight is 320 g/mol. The summed E-state index contributed by atoms with van der Waals surface area (Å²) in [6.45, 7) is 0.184. The van der Waals surface area contributed by atoms with Crippen LogP contribution in [0.1, 0.15) is 11.1 Å². The lowest BCUT2D eigenvalue weighted by Gasteiger charge is -2.08. The number of nitrogens with two attached hydrogens (primary N) is 1. The Hall–Kier alpha value is -1.50. The number of anilines is 1. The first-order valence-corrected chi connectivity index (χ1v) is 5.80. The first kappa shape index (κ1) is 12.9. The van der Waals surface area contributed by atoms with Crippen LogP contribution in [0.25, 0.3) is 0 Å². The Morgan fingerprint density at radius 2 is 2.06 bits per heavy atom. The molecule has 2 N–H and O–H groups in total. The summed E-state index contributed by atoms with van der Waals surface area (Å²) in [5.74, 6) is 0. The van der Waals surface area contributed by atoms with Crippen molar-refractivity contribution in [1.82, 2.24) is 9.78 Å². The molecule has 0 bridgehead atoms. The predicted molar refractivity (Wildman–Crippen MR) is 64.9 cm³/mol. The van der Waals surface area contributed by atoms with Crippen molar-refractivity contribution < 1.29 is 13.2 Å². The second-order valence-electron chi connectivity index (χ2n) is 3.73. The predicted octanol–water partition coefficient (Wildman–Crippen LogP) is 3.29. The fourth-order valence-electron chi connectivity index (χ4n) is 1.50. The van der Waals surface area contributed by atoms with Crippen molar-refractivity contribution in [2.45, 2.75) is 12.7 Å². The van der Waals surface area contributed by atoms with Crippen LogP contribution in [0.5, 0.6) is 0 Å². The third-order valence-electron chi connectivity index (χ3n) is 2.44. The highest BCUT2D eigenvalue weighted by molar-refractivity contribution is 9.10. The van der Waals surface area contributed by atoms with E-state index in [9.17, 15) is 13.2 Å². The summed E-state index contributed by atoms with van der Waals surface area (Å²) in [7, 11) is 0. The van der Waals surface area contributed by atoms with Crippen molar-refractivity contribution in [2.75, 3.05) is 5.73 Å². The van der Waals surface area contributed by atoms with Crippen LogP contribution in [0.4, 0.5) is 18.9 Å². The minimum atomic E-state index is -4.38. The van der Waals surface area contributed by atoms with E-state index < -0.39 is 11.7 Å². The number of hydrogen-bond donors (Lipinski definition) is 1. The molecule has 1 aromatic heterocycles. The van der Waals surface area contributed by atoms with Crippen molar-refractivity contribution in [3.8, 4) is 0 Å². The molecule has 96 valence electrons. The van der Waals surface area contributed by atoms with Gasteiger partial charge in [-0.1, -0.05) is 22.0 Å². The summed E-state index contributed by atoms with van der Waals surface area (Å²) in [5, 5.41) is 3.68. The molecule has 0 unspecified atom stereocenters. The smallest absolute Gasteiger partial charge is 0.398 e. The van der Waals surface area contributed by atoms with E-state index in [-0.39, 0.29) is 6.54 Å². The van der Waals surface area contributed by atoms with E-state index in [1.165, 1.54) is 4.68 Å². The largest absolute Gasteiger partial charge is 0.419 e. The fourth-order valence-corrected chi connectivity index (χ4v) is 2.01. The molecule has 18 heavy (non-hydrogen) atoms. The normalized spacial score (nSPS) is 11.8. The molecule has 1 aromatic carbocycles. The van der Waals surface area contributed by atoms with E-state index in [0.29, 0.717) is 11.3 Å². The lowest BCUT2D eigenvalue weighted by molar-refractivity contribution is -0.137. The fraction of sp³-hybridized carbons (Fsp3) is 0.182. The second kappa shape index (κ2) is 4.64. The number of hydrogen-bond acceptors (Lipinski definition) is 2. The van der Waals surface area contributed by atoms with Gasteiger partial charge in [-0.15, -0.1) is 0 Å². The zero-order chi connectivity index (χ0) is 13.3. The minimum Gasteiger partial charge on any atom is -0.398 e. The molecule has 3 nitrogen and oxygen atoms in total. The summed E-state index contributed by atoms with van der Waals surface area (Å²) in [6.07, 6.45) is -2.62. The van der Waals surface area contributed by atoms with Crippen molar-refractivity contribution in [1.29, 1.82) is 0 Å². The van der Waals surface area contributed by atoms with Gasteiger partial charge in [0.05, 0.1) is 18.3 Å². The van der Waals surface area contributed by atoms with Gasteiger partial charge in [0.2, 0.25) is 0 Å². The molecule has 1 heterocycles. The molecule has 7 heteroatoms. The molecule has 0 amide bonds. The van der Waals surface area contributed by atoms with Crippen molar-refractivity contribution >= 4 is 21.6 Å². The van der Waals surface area contributed by atoms with Gasteiger partial charge in [-0.2, -0.15) is 18.3 Å². The summed E-state index contributed by atoms with van der Waals surface area (Å²) in [5.41, 5.74) is 6.21. The number of halogens is 4. The first-order chi connectivity index (χ1) is 8.38. The quantitative estimate of drug-likeness (QED) is 0.863. The Labute approximate surface area is 110 Å². The number of aromatic nitrogens is 2. The van der Waals surface area contributed by atoms with E-state index >= 15 is 0 Å². The van der Waals surface area contributed by atoms with Crippen LogP contribution in [-0.2, 0) is 12.7 Å². The monoisotopic (exact) mass is 319 g/mol. The zero-order valence-electron chi connectivity index (χ0n) is 9.08. The van der Waals surface area contributed by atoms with Crippen LogP contribution < -0.4 is 5.73 Å². The highest BCUT2D eigenvalue weighted by Gasteiger charge is 2.32. The topological polar surface area (TPSA) is 43.8 Å². The van der Waals surface area contributed by atoms with Gasteiger partial charge in [-0.25, -0.2) is 0 Å². The Morgan fingerprint density at radius 3 is 2.61 bits per heavy atom. The molecule has 0 atom stereocenters. The summed E-state index contributed by atoms with van der Waals surface area (Å²) in [4.78, 5) is 0. The lowest BCUT2D eigenvalue weighted by atomic mass is 10.2. The molecule has 0 fully saturated rings. The molecular weight excluding hydrogens is 311 g/mol. The number of nitrogen functional groups attached to an aromatic ring is 1. The maximum Gasteiger partial charge on any atom is 0.419 e. The highest BCUT2D eigenvalue weighted by atomic mass is 79.9. The van der Waals surface area contributed by atoms with Gasteiger partial charge >= 0.3 is 6.18 Å². The van der Waals surface area contributed by atoms with Crippen molar-refractivity contribution in [3.63, 3.8) is 0 Å². The first-order valence-electron chi connectivity index (χ1n) is 5.00. The number of alkyl halides is 3. The van der Waals surface area contributed by atoms with Gasteiger partial charge in [0, 0.05) is 21.9 Å².